The zero-order valence-electron chi connectivity index (χ0n) is 8.39. The predicted octanol–water partition coefficient (Wildman–Crippen LogP) is 1.55. The van der Waals surface area contributed by atoms with Gasteiger partial charge in [-0.1, -0.05) is 6.92 Å². The SMILES string of the molecule is CCC(CCl)Nc1nccn2cnnc12. The lowest BCUT2D eigenvalue weighted by atomic mass is 10.2. The van der Waals surface area contributed by atoms with Crippen LogP contribution < -0.4 is 5.32 Å². The Morgan fingerprint density at radius 2 is 2.47 bits per heavy atom. The molecule has 0 aliphatic heterocycles. The molecule has 0 radical (unpaired) electrons. The molecule has 1 atom stereocenters. The summed E-state index contributed by atoms with van der Waals surface area (Å²) < 4.78 is 1.82. The van der Waals surface area contributed by atoms with Gasteiger partial charge >= 0.3 is 0 Å². The molecule has 6 heteroatoms. The minimum absolute atomic E-state index is 0.210. The number of fused-ring (bicyclic) bond motifs is 1. The van der Waals surface area contributed by atoms with E-state index in [9.17, 15) is 0 Å². The zero-order valence-corrected chi connectivity index (χ0v) is 9.15. The zero-order chi connectivity index (χ0) is 10.7. The highest BCUT2D eigenvalue weighted by Crippen LogP contribution is 2.12. The van der Waals surface area contributed by atoms with Crippen molar-refractivity contribution in [2.24, 2.45) is 0 Å². The number of anilines is 1. The Kier molecular flexibility index (Phi) is 3.01. The van der Waals surface area contributed by atoms with Gasteiger partial charge in [-0.15, -0.1) is 21.8 Å². The van der Waals surface area contributed by atoms with Crippen LogP contribution >= 0.6 is 11.6 Å². The summed E-state index contributed by atoms with van der Waals surface area (Å²) in [6, 6.07) is 0.210. The van der Waals surface area contributed by atoms with Crippen molar-refractivity contribution in [3.63, 3.8) is 0 Å². The Hall–Kier alpha value is -1.36. The quantitative estimate of drug-likeness (QED) is 0.803. The lowest BCUT2D eigenvalue weighted by Crippen LogP contribution is -2.21. The molecule has 0 aromatic carbocycles. The molecule has 2 heterocycles. The second kappa shape index (κ2) is 4.44. The molecule has 15 heavy (non-hydrogen) atoms. The van der Waals surface area contributed by atoms with E-state index in [2.05, 4.69) is 27.4 Å². The molecule has 0 saturated carbocycles. The van der Waals surface area contributed by atoms with Crippen LogP contribution in [0.25, 0.3) is 5.65 Å². The van der Waals surface area contributed by atoms with Crippen LogP contribution in [-0.2, 0) is 0 Å². The van der Waals surface area contributed by atoms with Gasteiger partial charge in [0.25, 0.3) is 0 Å². The van der Waals surface area contributed by atoms with Crippen LogP contribution in [0, 0.1) is 0 Å². The minimum Gasteiger partial charge on any atom is -0.363 e. The first-order chi connectivity index (χ1) is 7.35. The van der Waals surface area contributed by atoms with Crippen LogP contribution in [-0.4, -0.2) is 31.5 Å². The van der Waals surface area contributed by atoms with Gasteiger partial charge in [0.15, 0.2) is 5.82 Å². The standard InChI is InChI=1S/C9H12ClN5/c1-2-7(5-10)13-8-9-14-12-6-15(9)4-3-11-8/h3-4,6-7H,2,5H2,1H3,(H,11,13). The Balaban J connectivity index is 2.30. The number of hydrogen-bond donors (Lipinski definition) is 1. The predicted molar refractivity (Wildman–Crippen MR) is 59.2 cm³/mol. The molecule has 1 unspecified atom stereocenters. The Bertz CT molecular complexity index is 437. The minimum atomic E-state index is 0.210. The van der Waals surface area contributed by atoms with Crippen LogP contribution in [0.4, 0.5) is 5.82 Å². The number of rotatable bonds is 4. The van der Waals surface area contributed by atoms with Crippen LogP contribution in [0.15, 0.2) is 18.7 Å². The van der Waals surface area contributed by atoms with Crippen LogP contribution in [0.5, 0.6) is 0 Å². The topological polar surface area (TPSA) is 55.1 Å². The van der Waals surface area contributed by atoms with E-state index >= 15 is 0 Å². The van der Waals surface area contributed by atoms with E-state index in [4.69, 9.17) is 11.6 Å². The van der Waals surface area contributed by atoms with Crippen molar-refractivity contribution in [2.45, 2.75) is 19.4 Å². The Morgan fingerprint density at radius 3 is 3.20 bits per heavy atom. The van der Waals surface area contributed by atoms with Gasteiger partial charge in [-0.25, -0.2) is 4.98 Å². The van der Waals surface area contributed by atoms with Gasteiger partial charge in [0.05, 0.1) is 0 Å². The molecule has 80 valence electrons. The van der Waals surface area contributed by atoms with E-state index in [1.54, 1.807) is 12.5 Å². The molecule has 0 spiro atoms. The van der Waals surface area contributed by atoms with Crippen LogP contribution in [0.1, 0.15) is 13.3 Å². The van der Waals surface area contributed by atoms with E-state index in [0.717, 1.165) is 17.9 Å². The smallest absolute Gasteiger partial charge is 0.203 e. The third-order valence-electron chi connectivity index (χ3n) is 2.24. The first-order valence-electron chi connectivity index (χ1n) is 4.82. The summed E-state index contributed by atoms with van der Waals surface area (Å²) in [6.07, 6.45) is 6.10. The number of hydrogen-bond acceptors (Lipinski definition) is 4. The average Bonchev–Trinajstić information content (AvgIpc) is 2.74. The van der Waals surface area contributed by atoms with Crippen molar-refractivity contribution in [2.75, 3.05) is 11.2 Å². The van der Waals surface area contributed by atoms with E-state index in [1.165, 1.54) is 0 Å². The summed E-state index contributed by atoms with van der Waals surface area (Å²) in [5, 5.41) is 11.0. The fourth-order valence-electron chi connectivity index (χ4n) is 1.30. The molecule has 0 amide bonds. The summed E-state index contributed by atoms with van der Waals surface area (Å²) >= 11 is 5.81. The number of halogens is 1. The lowest BCUT2D eigenvalue weighted by molar-refractivity contribution is 0.765. The fraction of sp³-hybridized carbons (Fsp3) is 0.444. The van der Waals surface area contributed by atoms with Crippen molar-refractivity contribution < 1.29 is 0 Å². The molecule has 2 rings (SSSR count). The molecule has 0 aliphatic carbocycles. The molecular formula is C9H12ClN5. The van der Waals surface area contributed by atoms with Crippen molar-refractivity contribution in [3.05, 3.63) is 18.7 Å². The fourth-order valence-corrected chi connectivity index (χ4v) is 1.60. The molecule has 5 nitrogen and oxygen atoms in total. The molecule has 1 N–H and O–H groups in total. The third kappa shape index (κ3) is 2.02. The van der Waals surface area contributed by atoms with Gasteiger partial charge in [-0.3, -0.25) is 4.40 Å². The van der Waals surface area contributed by atoms with Crippen molar-refractivity contribution in [3.8, 4) is 0 Å². The monoisotopic (exact) mass is 225 g/mol. The number of nitrogens with zero attached hydrogens (tertiary/aromatic N) is 4. The summed E-state index contributed by atoms with van der Waals surface area (Å²) in [6.45, 7) is 2.07. The summed E-state index contributed by atoms with van der Waals surface area (Å²) in [5.41, 5.74) is 0.723. The molecule has 2 aromatic rings. The maximum Gasteiger partial charge on any atom is 0.203 e. The van der Waals surface area contributed by atoms with Gasteiger partial charge in [-0.2, -0.15) is 0 Å². The lowest BCUT2D eigenvalue weighted by Gasteiger charge is -2.14. The van der Waals surface area contributed by atoms with E-state index in [-0.39, 0.29) is 6.04 Å². The Labute approximate surface area is 92.5 Å². The molecule has 2 aromatic heterocycles. The highest BCUT2D eigenvalue weighted by Gasteiger charge is 2.09. The molecule has 0 aliphatic rings. The average molecular weight is 226 g/mol. The molecule has 0 bridgehead atoms. The van der Waals surface area contributed by atoms with Crippen molar-refractivity contribution in [1.29, 1.82) is 0 Å². The van der Waals surface area contributed by atoms with Gasteiger partial charge < -0.3 is 5.32 Å². The highest BCUT2D eigenvalue weighted by molar-refractivity contribution is 6.18. The molecule has 0 saturated heterocycles. The normalized spacial score (nSPS) is 12.9. The molecule has 0 fully saturated rings. The highest BCUT2D eigenvalue weighted by atomic mass is 35.5. The third-order valence-corrected chi connectivity index (χ3v) is 2.61. The van der Waals surface area contributed by atoms with Gasteiger partial charge in [0, 0.05) is 24.3 Å². The number of nitrogens with one attached hydrogen (secondary N) is 1. The molecular weight excluding hydrogens is 214 g/mol. The van der Waals surface area contributed by atoms with E-state index < -0.39 is 0 Å². The second-order valence-electron chi connectivity index (χ2n) is 3.24. The largest absolute Gasteiger partial charge is 0.363 e. The first kappa shape index (κ1) is 10.2. The Morgan fingerprint density at radius 1 is 1.60 bits per heavy atom. The van der Waals surface area contributed by atoms with E-state index in [0.29, 0.717) is 5.88 Å². The van der Waals surface area contributed by atoms with Crippen LogP contribution in [0.2, 0.25) is 0 Å². The maximum absolute atomic E-state index is 5.81. The summed E-state index contributed by atoms with van der Waals surface area (Å²) in [5.74, 6) is 1.27. The number of aromatic nitrogens is 4. The summed E-state index contributed by atoms with van der Waals surface area (Å²) in [7, 11) is 0. The summed E-state index contributed by atoms with van der Waals surface area (Å²) in [4.78, 5) is 4.22. The van der Waals surface area contributed by atoms with E-state index in [1.807, 2.05) is 10.6 Å². The van der Waals surface area contributed by atoms with Gasteiger partial charge in [-0.05, 0) is 6.42 Å². The first-order valence-corrected chi connectivity index (χ1v) is 5.35. The van der Waals surface area contributed by atoms with Gasteiger partial charge in [0.2, 0.25) is 5.65 Å². The van der Waals surface area contributed by atoms with Crippen molar-refractivity contribution in [1.82, 2.24) is 19.6 Å². The second-order valence-corrected chi connectivity index (χ2v) is 3.55. The van der Waals surface area contributed by atoms with Crippen molar-refractivity contribution >= 4 is 23.1 Å². The number of alkyl halides is 1. The maximum atomic E-state index is 5.81. The van der Waals surface area contributed by atoms with Gasteiger partial charge in [0.1, 0.15) is 6.33 Å². The van der Waals surface area contributed by atoms with Crippen LogP contribution in [0.3, 0.4) is 0 Å².